The van der Waals surface area contributed by atoms with Crippen molar-refractivity contribution in [1.82, 2.24) is 5.32 Å². The Morgan fingerprint density at radius 2 is 1.92 bits per heavy atom. The number of amides is 1. The van der Waals surface area contributed by atoms with Crippen LogP contribution in [-0.4, -0.2) is 50.8 Å². The summed E-state index contributed by atoms with van der Waals surface area (Å²) in [6.45, 7) is 8.77. The smallest absolute Gasteiger partial charge is 0.240 e. The fourth-order valence-corrected chi connectivity index (χ4v) is 3.73. The minimum absolute atomic E-state index is 0.125. The van der Waals surface area contributed by atoms with E-state index in [0.717, 1.165) is 16.3 Å². The number of rotatable bonds is 9. The highest BCUT2D eigenvalue weighted by molar-refractivity contribution is 8.00. The molecule has 8 heteroatoms. The van der Waals surface area contributed by atoms with Gasteiger partial charge in [-0.05, 0) is 19.1 Å². The zero-order valence-corrected chi connectivity index (χ0v) is 17.2. The quantitative estimate of drug-likeness (QED) is 0.658. The van der Waals surface area contributed by atoms with Crippen LogP contribution in [0.2, 0.25) is 0 Å². The number of benzene rings is 1. The van der Waals surface area contributed by atoms with Crippen LogP contribution in [0.5, 0.6) is 5.75 Å². The van der Waals surface area contributed by atoms with E-state index < -0.39 is 10.0 Å². The van der Waals surface area contributed by atoms with E-state index in [9.17, 15) is 13.2 Å². The van der Waals surface area contributed by atoms with Gasteiger partial charge in [-0.1, -0.05) is 32.9 Å². The zero-order valence-electron chi connectivity index (χ0n) is 15.5. The van der Waals surface area contributed by atoms with Crippen molar-refractivity contribution in [2.45, 2.75) is 32.4 Å². The third kappa shape index (κ3) is 8.00. The van der Waals surface area contributed by atoms with Crippen molar-refractivity contribution in [2.24, 2.45) is 0 Å². The average Bonchev–Trinajstić information content (AvgIpc) is 2.48. The highest BCUT2D eigenvalue weighted by Gasteiger charge is 2.23. The van der Waals surface area contributed by atoms with E-state index in [4.69, 9.17) is 4.74 Å². The van der Waals surface area contributed by atoms with Crippen LogP contribution in [0, 0.1) is 0 Å². The molecule has 0 aliphatic carbocycles. The third-order valence-corrected chi connectivity index (χ3v) is 5.48. The second-order valence-corrected chi connectivity index (χ2v) is 10.3. The summed E-state index contributed by atoms with van der Waals surface area (Å²) < 4.78 is 31.0. The SMILES string of the molecule is CCOc1ccccc1N(CC(=O)NCCSC(C)(C)C)S(C)(=O)=O. The Morgan fingerprint density at radius 1 is 1.28 bits per heavy atom. The fourth-order valence-electron chi connectivity index (χ4n) is 2.06. The average molecular weight is 389 g/mol. The fraction of sp³-hybridized carbons (Fsp3) is 0.588. The molecule has 0 spiro atoms. The van der Waals surface area contributed by atoms with Crippen LogP contribution < -0.4 is 14.4 Å². The molecule has 1 rings (SSSR count). The number of anilines is 1. The van der Waals surface area contributed by atoms with Crippen molar-refractivity contribution in [3.05, 3.63) is 24.3 Å². The summed E-state index contributed by atoms with van der Waals surface area (Å²) in [5.41, 5.74) is 0.367. The Kier molecular flexibility index (Phi) is 8.08. The Balaban J connectivity index is 2.80. The van der Waals surface area contributed by atoms with Gasteiger partial charge in [0.15, 0.2) is 0 Å². The van der Waals surface area contributed by atoms with Gasteiger partial charge in [-0.3, -0.25) is 9.10 Å². The van der Waals surface area contributed by atoms with E-state index in [2.05, 4.69) is 26.1 Å². The Labute approximate surface area is 155 Å². The first kappa shape index (κ1) is 21.6. The number of carbonyl (C=O) groups excluding carboxylic acids is 1. The maximum absolute atomic E-state index is 12.2. The maximum atomic E-state index is 12.2. The Morgan fingerprint density at radius 3 is 2.48 bits per heavy atom. The third-order valence-electron chi connectivity index (χ3n) is 3.08. The maximum Gasteiger partial charge on any atom is 0.240 e. The van der Waals surface area contributed by atoms with Gasteiger partial charge < -0.3 is 10.1 Å². The summed E-state index contributed by atoms with van der Waals surface area (Å²) in [5.74, 6) is 0.863. The van der Waals surface area contributed by atoms with Gasteiger partial charge in [0, 0.05) is 17.0 Å². The van der Waals surface area contributed by atoms with Crippen molar-refractivity contribution in [1.29, 1.82) is 0 Å². The highest BCUT2D eigenvalue weighted by atomic mass is 32.2. The molecule has 0 fully saturated rings. The first-order valence-corrected chi connectivity index (χ1v) is 11.0. The molecule has 0 saturated heterocycles. The summed E-state index contributed by atoms with van der Waals surface area (Å²) in [4.78, 5) is 12.2. The number of hydrogen-bond donors (Lipinski definition) is 1. The molecule has 0 atom stereocenters. The molecule has 0 radical (unpaired) electrons. The predicted molar refractivity (Wildman–Crippen MR) is 105 cm³/mol. The molecule has 1 aromatic rings. The number of hydrogen-bond acceptors (Lipinski definition) is 5. The van der Waals surface area contributed by atoms with Crippen LogP contribution in [0.4, 0.5) is 5.69 Å². The second kappa shape index (κ2) is 9.33. The van der Waals surface area contributed by atoms with Crippen LogP contribution in [0.1, 0.15) is 27.7 Å². The van der Waals surface area contributed by atoms with Crippen molar-refractivity contribution in [3.8, 4) is 5.75 Å². The van der Waals surface area contributed by atoms with Gasteiger partial charge >= 0.3 is 0 Å². The summed E-state index contributed by atoms with van der Waals surface area (Å²) in [6.07, 6.45) is 1.08. The molecule has 0 bridgehead atoms. The molecule has 1 amide bonds. The molecule has 0 aliphatic heterocycles. The molecule has 142 valence electrons. The molecular weight excluding hydrogens is 360 g/mol. The molecule has 6 nitrogen and oxygen atoms in total. The number of sulfonamides is 1. The van der Waals surface area contributed by atoms with Crippen LogP contribution >= 0.6 is 11.8 Å². The van der Waals surface area contributed by atoms with Crippen molar-refractivity contribution in [3.63, 3.8) is 0 Å². The first-order valence-electron chi connectivity index (χ1n) is 8.15. The molecule has 25 heavy (non-hydrogen) atoms. The van der Waals surface area contributed by atoms with Crippen molar-refractivity contribution < 1.29 is 17.9 Å². The van der Waals surface area contributed by atoms with E-state index in [1.165, 1.54) is 0 Å². The number of ether oxygens (including phenoxy) is 1. The summed E-state index contributed by atoms with van der Waals surface area (Å²) in [7, 11) is -3.62. The Hall–Kier alpha value is -1.41. The van der Waals surface area contributed by atoms with Gasteiger partial charge in [-0.15, -0.1) is 0 Å². The zero-order chi connectivity index (χ0) is 19.1. The lowest BCUT2D eigenvalue weighted by atomic mass is 10.3. The summed E-state index contributed by atoms with van der Waals surface area (Å²) >= 11 is 1.74. The molecule has 0 unspecified atom stereocenters. The number of para-hydroxylation sites is 2. The lowest BCUT2D eigenvalue weighted by Gasteiger charge is -2.24. The molecule has 0 aliphatic rings. The summed E-state index contributed by atoms with van der Waals surface area (Å²) in [6, 6.07) is 6.80. The van der Waals surface area contributed by atoms with E-state index in [0.29, 0.717) is 24.6 Å². The van der Waals surface area contributed by atoms with Crippen LogP contribution in [0.3, 0.4) is 0 Å². The monoisotopic (exact) mass is 388 g/mol. The molecular formula is C17H28N2O4S2. The van der Waals surface area contributed by atoms with Gasteiger partial charge in [-0.2, -0.15) is 11.8 Å². The second-order valence-electron chi connectivity index (χ2n) is 6.48. The number of thioether (sulfide) groups is 1. The lowest BCUT2D eigenvalue weighted by molar-refractivity contribution is -0.119. The predicted octanol–water partition coefficient (Wildman–Crippen LogP) is 2.50. The minimum atomic E-state index is -3.62. The number of carbonyl (C=O) groups is 1. The largest absolute Gasteiger partial charge is 0.492 e. The van der Waals surface area contributed by atoms with E-state index in [1.807, 2.05) is 6.92 Å². The van der Waals surface area contributed by atoms with Crippen LogP contribution in [0.15, 0.2) is 24.3 Å². The Bertz CT molecular complexity index is 669. The van der Waals surface area contributed by atoms with Crippen LogP contribution in [0.25, 0.3) is 0 Å². The topological polar surface area (TPSA) is 75.7 Å². The highest BCUT2D eigenvalue weighted by Crippen LogP contribution is 2.29. The van der Waals surface area contributed by atoms with Gasteiger partial charge in [0.1, 0.15) is 12.3 Å². The van der Waals surface area contributed by atoms with Crippen molar-refractivity contribution in [2.75, 3.05) is 36.0 Å². The summed E-state index contributed by atoms with van der Waals surface area (Å²) in [5, 5.41) is 2.77. The van der Waals surface area contributed by atoms with Gasteiger partial charge in [0.05, 0.1) is 18.6 Å². The molecule has 1 aromatic carbocycles. The molecule has 0 aromatic heterocycles. The minimum Gasteiger partial charge on any atom is -0.492 e. The van der Waals surface area contributed by atoms with Gasteiger partial charge in [0.25, 0.3) is 0 Å². The number of nitrogens with one attached hydrogen (secondary N) is 1. The standard InChI is InChI=1S/C17H28N2O4S2/c1-6-23-15-10-8-7-9-14(15)19(25(5,21)22)13-16(20)18-11-12-24-17(2,3)4/h7-10H,6,11-13H2,1-5H3,(H,18,20). The molecule has 1 N–H and O–H groups in total. The lowest BCUT2D eigenvalue weighted by Crippen LogP contribution is -2.41. The van der Waals surface area contributed by atoms with Gasteiger partial charge in [0.2, 0.25) is 15.9 Å². The normalized spacial score (nSPS) is 11.9. The van der Waals surface area contributed by atoms with E-state index in [1.54, 1.807) is 36.0 Å². The molecule has 0 heterocycles. The molecule has 0 saturated carbocycles. The first-order chi connectivity index (χ1) is 11.5. The van der Waals surface area contributed by atoms with E-state index >= 15 is 0 Å². The van der Waals surface area contributed by atoms with Gasteiger partial charge in [-0.25, -0.2) is 8.42 Å². The number of nitrogens with zero attached hydrogens (tertiary/aromatic N) is 1. The van der Waals surface area contributed by atoms with Crippen LogP contribution in [-0.2, 0) is 14.8 Å². The van der Waals surface area contributed by atoms with E-state index in [-0.39, 0.29) is 17.2 Å². The van der Waals surface area contributed by atoms with Crippen molar-refractivity contribution >= 4 is 33.4 Å².